The SMILES string of the molecule is COc1cc(C(=O)C2COc3c(ccc(OP(C)(=O)O)c3OP(=O)(O)O)C2)cc(OC)c1OC. The second kappa shape index (κ2) is 9.85. The molecule has 14 heteroatoms. The van der Waals surface area contributed by atoms with Gasteiger partial charge in [-0.2, -0.15) is 0 Å². The summed E-state index contributed by atoms with van der Waals surface area (Å²) in [6.45, 7) is 0.743. The van der Waals surface area contributed by atoms with E-state index in [1.807, 2.05) is 0 Å². The number of fused-ring (bicyclic) bond motifs is 1. The van der Waals surface area contributed by atoms with Crippen molar-refractivity contribution >= 4 is 21.2 Å². The molecule has 2 unspecified atom stereocenters. The van der Waals surface area contributed by atoms with Crippen LogP contribution < -0.4 is 28.0 Å². The number of hydrogen-bond acceptors (Lipinski definition) is 9. The summed E-state index contributed by atoms with van der Waals surface area (Å²) in [5, 5.41) is 0. The van der Waals surface area contributed by atoms with E-state index < -0.39 is 27.1 Å². The third-order valence-corrected chi connectivity index (χ3v) is 5.81. The first-order valence-corrected chi connectivity index (χ1v) is 13.3. The maximum atomic E-state index is 13.2. The number of phosphoric acid groups is 1. The zero-order valence-electron chi connectivity index (χ0n) is 18.7. The highest BCUT2D eigenvalue weighted by molar-refractivity contribution is 7.52. The number of rotatable bonds is 9. The molecule has 12 nitrogen and oxygen atoms in total. The minimum atomic E-state index is -5.07. The van der Waals surface area contributed by atoms with Crippen molar-refractivity contribution in [1.29, 1.82) is 0 Å². The maximum absolute atomic E-state index is 13.2. The number of ketones is 1. The molecule has 0 aliphatic carbocycles. The Kier molecular flexibility index (Phi) is 7.50. The average Bonchev–Trinajstić information content (AvgIpc) is 2.76. The lowest BCUT2D eigenvalue weighted by atomic mass is 9.89. The molecule has 0 bridgehead atoms. The Hall–Kier alpha value is -2.75. The van der Waals surface area contributed by atoms with E-state index >= 15 is 0 Å². The van der Waals surface area contributed by atoms with Gasteiger partial charge >= 0.3 is 15.4 Å². The summed E-state index contributed by atoms with van der Waals surface area (Å²) >= 11 is 0. The zero-order valence-corrected chi connectivity index (χ0v) is 20.5. The Bertz CT molecular complexity index is 1160. The number of hydrogen-bond donors (Lipinski definition) is 3. The van der Waals surface area contributed by atoms with E-state index in [9.17, 15) is 28.6 Å². The summed E-state index contributed by atoms with van der Waals surface area (Å²) in [4.78, 5) is 41.3. The lowest BCUT2D eigenvalue weighted by molar-refractivity contribution is 0.0851. The molecule has 1 aliphatic heterocycles. The lowest BCUT2D eigenvalue weighted by Gasteiger charge is -2.27. The van der Waals surface area contributed by atoms with Crippen molar-refractivity contribution in [2.45, 2.75) is 6.42 Å². The number of phosphoric ester groups is 1. The summed E-state index contributed by atoms with van der Waals surface area (Å²) in [5.41, 5.74) is 0.669. The summed E-state index contributed by atoms with van der Waals surface area (Å²) in [7, 11) is -4.86. The largest absolute Gasteiger partial charge is 0.525 e. The van der Waals surface area contributed by atoms with Crippen molar-refractivity contribution in [3.8, 4) is 34.5 Å². The first-order valence-electron chi connectivity index (χ1n) is 9.74. The molecule has 3 N–H and O–H groups in total. The van der Waals surface area contributed by atoms with E-state index in [-0.39, 0.29) is 35.9 Å². The van der Waals surface area contributed by atoms with Crippen LogP contribution >= 0.6 is 15.4 Å². The molecule has 34 heavy (non-hydrogen) atoms. The van der Waals surface area contributed by atoms with Gasteiger partial charge in [-0.25, -0.2) is 9.13 Å². The molecule has 0 radical (unpaired) electrons. The van der Waals surface area contributed by atoms with Gasteiger partial charge in [0.15, 0.2) is 28.8 Å². The van der Waals surface area contributed by atoms with E-state index in [0.717, 1.165) is 6.66 Å². The number of ether oxygens (including phenoxy) is 4. The number of benzene rings is 2. The maximum Gasteiger partial charge on any atom is 0.525 e. The second-order valence-corrected chi connectivity index (χ2v) is 10.3. The molecule has 2 aromatic carbocycles. The molecule has 0 amide bonds. The van der Waals surface area contributed by atoms with Gasteiger partial charge in [0.2, 0.25) is 11.5 Å². The van der Waals surface area contributed by atoms with Crippen molar-refractivity contribution in [2.24, 2.45) is 5.92 Å². The van der Waals surface area contributed by atoms with Crippen molar-refractivity contribution < 1.29 is 56.6 Å². The number of carbonyl (C=O) groups excluding carboxylic acids is 1. The highest BCUT2D eigenvalue weighted by Crippen LogP contribution is 2.53. The van der Waals surface area contributed by atoms with Crippen LogP contribution in [0, 0.1) is 5.92 Å². The topological polar surface area (TPSA) is 167 Å². The normalized spacial score (nSPS) is 17.0. The molecule has 1 heterocycles. The van der Waals surface area contributed by atoms with Gasteiger partial charge in [-0.05, 0) is 30.2 Å². The number of carbonyl (C=O) groups is 1. The Morgan fingerprint density at radius 1 is 0.941 bits per heavy atom. The fourth-order valence-corrected chi connectivity index (χ4v) is 4.42. The van der Waals surface area contributed by atoms with Gasteiger partial charge in [0.25, 0.3) is 0 Å². The molecule has 0 saturated heterocycles. The van der Waals surface area contributed by atoms with Crippen LogP contribution in [0.5, 0.6) is 34.5 Å². The van der Waals surface area contributed by atoms with Crippen molar-refractivity contribution in [3.05, 3.63) is 35.4 Å². The van der Waals surface area contributed by atoms with Crippen LogP contribution in [0.2, 0.25) is 0 Å². The first-order chi connectivity index (χ1) is 15.9. The monoisotopic (exact) mass is 518 g/mol. The van der Waals surface area contributed by atoms with Gasteiger partial charge < -0.3 is 32.9 Å². The van der Waals surface area contributed by atoms with E-state index in [1.54, 1.807) is 0 Å². The van der Waals surface area contributed by atoms with Gasteiger partial charge in [-0.1, -0.05) is 6.07 Å². The third kappa shape index (κ3) is 5.84. The van der Waals surface area contributed by atoms with Gasteiger partial charge in [0.05, 0.1) is 33.9 Å². The Labute approximate surface area is 195 Å². The summed E-state index contributed by atoms with van der Waals surface area (Å²) in [6.07, 6.45) is 0.130. The van der Waals surface area contributed by atoms with Crippen LogP contribution in [0.15, 0.2) is 24.3 Å². The molecular formula is C20H24O12P2. The quantitative estimate of drug-likeness (QED) is 0.329. The average molecular weight is 518 g/mol. The first kappa shape index (κ1) is 25.9. The molecule has 1 aliphatic rings. The van der Waals surface area contributed by atoms with E-state index in [1.165, 1.54) is 45.6 Å². The van der Waals surface area contributed by atoms with Gasteiger partial charge in [0.1, 0.15) is 0 Å². The van der Waals surface area contributed by atoms with Crippen LogP contribution in [-0.4, -0.2) is 55.1 Å². The third-order valence-electron chi connectivity index (χ3n) is 4.85. The summed E-state index contributed by atoms with van der Waals surface area (Å²) in [6, 6.07) is 5.70. The summed E-state index contributed by atoms with van der Waals surface area (Å²) < 4.78 is 54.3. The van der Waals surface area contributed by atoms with Crippen LogP contribution in [0.1, 0.15) is 15.9 Å². The molecule has 0 aromatic heterocycles. The smallest absolute Gasteiger partial charge is 0.493 e. The predicted molar refractivity (Wildman–Crippen MR) is 119 cm³/mol. The van der Waals surface area contributed by atoms with Crippen molar-refractivity contribution in [1.82, 2.24) is 0 Å². The van der Waals surface area contributed by atoms with Crippen LogP contribution in [0.25, 0.3) is 0 Å². The molecule has 2 atom stereocenters. The molecular weight excluding hydrogens is 494 g/mol. The predicted octanol–water partition coefficient (Wildman–Crippen LogP) is 2.81. The molecule has 3 rings (SSSR count). The van der Waals surface area contributed by atoms with Crippen LogP contribution in [0.4, 0.5) is 0 Å². The molecule has 0 saturated carbocycles. The second-order valence-electron chi connectivity index (χ2n) is 7.35. The fourth-order valence-electron chi connectivity index (χ4n) is 3.50. The van der Waals surface area contributed by atoms with E-state index in [0.29, 0.717) is 22.8 Å². The van der Waals surface area contributed by atoms with Crippen LogP contribution in [0.3, 0.4) is 0 Å². The van der Waals surface area contributed by atoms with Gasteiger partial charge in [-0.3, -0.25) is 14.6 Å². The zero-order chi connectivity index (χ0) is 25.3. The Morgan fingerprint density at radius 3 is 2.06 bits per heavy atom. The number of methoxy groups -OCH3 is 3. The minimum Gasteiger partial charge on any atom is -0.493 e. The van der Waals surface area contributed by atoms with Crippen molar-refractivity contribution in [3.63, 3.8) is 0 Å². The van der Waals surface area contributed by atoms with Gasteiger partial charge in [0, 0.05) is 12.2 Å². The van der Waals surface area contributed by atoms with E-state index in [4.69, 9.17) is 28.0 Å². The standard InChI is InChI=1S/C20H24O12P2/c1-27-15-8-12(9-16(28-2)19(15)29-3)17(21)13-7-11-5-6-14(31-33(4,22)23)20(18(11)30-10-13)32-34(24,25)26/h5-6,8-9,13H,7,10H2,1-4H3,(H,22,23)(H2,24,25,26). The fraction of sp³-hybridized carbons (Fsp3) is 0.350. The van der Waals surface area contributed by atoms with E-state index in [2.05, 4.69) is 0 Å². The molecule has 2 aromatic rings. The molecule has 0 spiro atoms. The highest BCUT2D eigenvalue weighted by atomic mass is 31.2. The van der Waals surface area contributed by atoms with Crippen LogP contribution in [-0.2, 0) is 15.6 Å². The van der Waals surface area contributed by atoms with Gasteiger partial charge in [-0.15, -0.1) is 0 Å². The molecule has 186 valence electrons. The Morgan fingerprint density at radius 2 is 1.56 bits per heavy atom. The Balaban J connectivity index is 1.96. The molecule has 0 fully saturated rings. The van der Waals surface area contributed by atoms with Crippen molar-refractivity contribution in [2.75, 3.05) is 34.6 Å². The highest BCUT2D eigenvalue weighted by Gasteiger charge is 2.34. The summed E-state index contributed by atoms with van der Waals surface area (Å²) in [5.74, 6) is -1.04. The number of Topliss-reactive ketones (excluding diaryl/α,β-unsaturated/α-hetero) is 1. The minimum absolute atomic E-state index is 0.0942. The lowest BCUT2D eigenvalue weighted by Crippen LogP contribution is -2.28.